The van der Waals surface area contributed by atoms with Crippen molar-refractivity contribution < 1.29 is 19.1 Å². The van der Waals surface area contributed by atoms with Crippen LogP contribution in [0.4, 0.5) is 0 Å². The van der Waals surface area contributed by atoms with Crippen LogP contribution in [0.1, 0.15) is 73.5 Å². The Kier molecular flexibility index (Phi) is 10.1. The number of amides is 1. The van der Waals surface area contributed by atoms with Crippen LogP contribution in [-0.2, 0) is 26.2 Å². The van der Waals surface area contributed by atoms with Gasteiger partial charge < -0.3 is 15.8 Å². The molecule has 188 valence electrons. The van der Waals surface area contributed by atoms with Crippen molar-refractivity contribution in [1.29, 1.82) is 5.41 Å². The number of ether oxygens (including phenoxy) is 1. The fraction of sp³-hybridized carbons (Fsp3) is 0.423. The molecule has 0 fully saturated rings. The van der Waals surface area contributed by atoms with E-state index in [9.17, 15) is 14.4 Å². The molecule has 0 radical (unpaired) electrons. The first kappa shape index (κ1) is 28.2. The molecule has 1 atom stereocenters. The van der Waals surface area contributed by atoms with Gasteiger partial charge >= 0.3 is 5.97 Å². The highest BCUT2D eigenvalue weighted by atomic mass is 79.9. The summed E-state index contributed by atoms with van der Waals surface area (Å²) in [5.74, 6) is -1.46. The molecule has 0 unspecified atom stereocenters. The molecular formula is C26H33BrN4O4. The highest BCUT2D eigenvalue weighted by Crippen LogP contribution is 2.32. The average Bonchev–Trinajstić information content (AvgIpc) is 2.76. The van der Waals surface area contributed by atoms with E-state index >= 15 is 0 Å². The van der Waals surface area contributed by atoms with Crippen LogP contribution < -0.4 is 11.1 Å². The molecule has 8 nitrogen and oxygen atoms in total. The Balaban J connectivity index is 2.15. The minimum absolute atomic E-state index is 0.0330. The number of nitrogens with zero attached hydrogens (tertiary/aromatic N) is 1. The number of nitrogens with two attached hydrogens (primary N) is 1. The molecule has 2 rings (SSSR count). The van der Waals surface area contributed by atoms with E-state index in [1.807, 2.05) is 18.2 Å². The van der Waals surface area contributed by atoms with Gasteiger partial charge in [0.2, 0.25) is 0 Å². The van der Waals surface area contributed by atoms with E-state index < -0.39 is 11.8 Å². The van der Waals surface area contributed by atoms with Gasteiger partial charge in [-0.2, -0.15) is 0 Å². The zero-order valence-corrected chi connectivity index (χ0v) is 22.2. The summed E-state index contributed by atoms with van der Waals surface area (Å²) in [5, 5.41) is 10.0. The lowest BCUT2D eigenvalue weighted by molar-refractivity contribution is -0.143. The van der Waals surface area contributed by atoms with E-state index in [-0.39, 0.29) is 61.0 Å². The largest absolute Gasteiger partial charge is 0.466 e. The molecule has 35 heavy (non-hydrogen) atoms. The number of hydrogen-bond donors (Lipinski definition) is 3. The van der Waals surface area contributed by atoms with Crippen molar-refractivity contribution in [2.45, 2.75) is 58.3 Å². The lowest BCUT2D eigenvalue weighted by Crippen LogP contribution is -2.30. The summed E-state index contributed by atoms with van der Waals surface area (Å²) in [4.78, 5) is 41.7. The topological polar surface area (TPSA) is 135 Å². The first-order valence-corrected chi connectivity index (χ1v) is 12.2. The molecule has 0 saturated heterocycles. The molecular weight excluding hydrogens is 512 g/mol. The van der Waals surface area contributed by atoms with Crippen molar-refractivity contribution >= 4 is 39.4 Å². The summed E-state index contributed by atoms with van der Waals surface area (Å²) in [6.07, 6.45) is 3.24. The third-order valence-electron chi connectivity index (χ3n) is 5.35. The van der Waals surface area contributed by atoms with Gasteiger partial charge in [-0.25, -0.2) is 0 Å². The van der Waals surface area contributed by atoms with Crippen LogP contribution in [0.3, 0.4) is 0 Å². The molecule has 0 saturated carbocycles. The van der Waals surface area contributed by atoms with Gasteiger partial charge in [-0.15, -0.1) is 0 Å². The fourth-order valence-corrected chi connectivity index (χ4v) is 4.08. The van der Waals surface area contributed by atoms with Gasteiger partial charge in [0.25, 0.3) is 5.91 Å². The molecule has 1 heterocycles. The Morgan fingerprint density at radius 2 is 1.86 bits per heavy atom. The van der Waals surface area contributed by atoms with Crippen LogP contribution in [0, 0.1) is 5.41 Å². The highest BCUT2D eigenvalue weighted by Gasteiger charge is 2.24. The van der Waals surface area contributed by atoms with Crippen LogP contribution in [-0.4, -0.2) is 41.6 Å². The van der Waals surface area contributed by atoms with Crippen LogP contribution in [0.5, 0.6) is 0 Å². The van der Waals surface area contributed by atoms with Gasteiger partial charge in [0.05, 0.1) is 31.0 Å². The van der Waals surface area contributed by atoms with Crippen LogP contribution in [0.2, 0.25) is 0 Å². The van der Waals surface area contributed by atoms with Crippen LogP contribution >= 0.6 is 15.9 Å². The normalized spacial score (nSPS) is 12.0. The van der Waals surface area contributed by atoms with Crippen molar-refractivity contribution in [3.8, 4) is 0 Å². The van der Waals surface area contributed by atoms with E-state index in [0.717, 1.165) is 15.6 Å². The number of halogens is 1. The minimum atomic E-state index is -0.448. The van der Waals surface area contributed by atoms with E-state index in [1.54, 1.807) is 13.0 Å². The summed E-state index contributed by atoms with van der Waals surface area (Å²) in [5.41, 5.74) is 8.15. The number of hydrogen-bond acceptors (Lipinski definition) is 6. The molecule has 1 aromatic carbocycles. The Morgan fingerprint density at radius 3 is 2.49 bits per heavy atom. The van der Waals surface area contributed by atoms with Gasteiger partial charge in [-0.1, -0.05) is 42.8 Å². The van der Waals surface area contributed by atoms with Gasteiger partial charge in [0, 0.05) is 35.6 Å². The summed E-state index contributed by atoms with van der Waals surface area (Å²) in [6, 6.07) is 7.55. The highest BCUT2D eigenvalue weighted by molar-refractivity contribution is 9.10. The Labute approximate surface area is 214 Å². The summed E-state index contributed by atoms with van der Waals surface area (Å²) >= 11 is 3.55. The number of ketones is 1. The molecule has 1 aromatic heterocycles. The molecule has 0 spiro atoms. The Bertz CT molecular complexity index is 1090. The van der Waals surface area contributed by atoms with E-state index in [2.05, 4.69) is 47.0 Å². The fourth-order valence-electron chi connectivity index (χ4n) is 3.57. The number of carbonyl (C=O) groups excluding carboxylic acids is 3. The first-order chi connectivity index (χ1) is 16.4. The number of nitrogens with one attached hydrogen (secondary N) is 2. The molecule has 0 aliphatic rings. The zero-order valence-electron chi connectivity index (χ0n) is 20.6. The van der Waals surface area contributed by atoms with Gasteiger partial charge in [0.1, 0.15) is 0 Å². The van der Waals surface area contributed by atoms with Gasteiger partial charge in [-0.3, -0.25) is 24.8 Å². The van der Waals surface area contributed by atoms with Crippen molar-refractivity contribution in [3.05, 3.63) is 63.4 Å². The summed E-state index contributed by atoms with van der Waals surface area (Å²) in [7, 11) is 0. The maximum absolute atomic E-state index is 12.8. The standard InChI is InChI=1S/C26H33BrN4O4/c1-5-35-24(33)11-18(17-8-20(26(2,3)4)12-21(27)9-17)10-22(32)15-31-25(34)19-6-16(7-23(28)29)13-30-14-19/h6,8-9,12-14,18H,5,7,10-11,15H2,1-4H3,(H3,28,29)(H,31,34)/t18-/m0/s1. The van der Waals surface area contributed by atoms with Crippen molar-refractivity contribution in [2.75, 3.05) is 13.2 Å². The predicted molar refractivity (Wildman–Crippen MR) is 139 cm³/mol. The number of carbonyl (C=O) groups is 3. The van der Waals surface area contributed by atoms with Crippen molar-refractivity contribution in [2.24, 2.45) is 5.73 Å². The maximum Gasteiger partial charge on any atom is 0.306 e. The lowest BCUT2D eigenvalue weighted by Gasteiger charge is -2.23. The number of esters is 1. The second-order valence-electron chi connectivity index (χ2n) is 9.44. The van der Waals surface area contributed by atoms with Crippen molar-refractivity contribution in [3.63, 3.8) is 0 Å². The summed E-state index contributed by atoms with van der Waals surface area (Å²) in [6.45, 7) is 8.11. The number of pyridine rings is 1. The molecule has 0 aliphatic heterocycles. The molecule has 0 aliphatic carbocycles. The molecule has 2 aromatic rings. The minimum Gasteiger partial charge on any atom is -0.466 e. The SMILES string of the molecule is CCOC(=O)C[C@H](CC(=O)CNC(=O)c1cncc(CC(=N)N)c1)c1cc(Br)cc(C(C)(C)C)c1. The molecule has 9 heteroatoms. The number of aromatic nitrogens is 1. The third kappa shape index (κ3) is 9.24. The number of Topliss-reactive ketones (excluding diaryl/α,β-unsaturated/α-hetero) is 1. The van der Waals surface area contributed by atoms with Gasteiger partial charge in [0.15, 0.2) is 5.78 Å². The first-order valence-electron chi connectivity index (χ1n) is 11.4. The smallest absolute Gasteiger partial charge is 0.306 e. The Hall–Kier alpha value is -3.07. The zero-order chi connectivity index (χ0) is 26.2. The number of benzene rings is 1. The lowest BCUT2D eigenvalue weighted by atomic mass is 9.83. The quantitative estimate of drug-likeness (QED) is 0.222. The Morgan fingerprint density at radius 1 is 1.14 bits per heavy atom. The maximum atomic E-state index is 12.8. The molecule has 1 amide bonds. The van der Waals surface area contributed by atoms with Crippen LogP contribution in [0.25, 0.3) is 0 Å². The number of amidine groups is 1. The second-order valence-corrected chi connectivity index (χ2v) is 10.4. The average molecular weight is 545 g/mol. The van der Waals surface area contributed by atoms with E-state index in [4.69, 9.17) is 15.9 Å². The number of rotatable bonds is 11. The predicted octanol–water partition coefficient (Wildman–Crippen LogP) is 4.05. The molecule has 0 bridgehead atoms. The van der Waals surface area contributed by atoms with Crippen LogP contribution in [0.15, 0.2) is 41.1 Å². The van der Waals surface area contributed by atoms with Gasteiger partial charge in [-0.05, 0) is 47.2 Å². The third-order valence-corrected chi connectivity index (χ3v) is 5.81. The monoisotopic (exact) mass is 544 g/mol. The molecule has 4 N–H and O–H groups in total. The summed E-state index contributed by atoms with van der Waals surface area (Å²) < 4.78 is 6.00. The van der Waals surface area contributed by atoms with Crippen molar-refractivity contribution in [1.82, 2.24) is 10.3 Å². The van der Waals surface area contributed by atoms with E-state index in [1.165, 1.54) is 12.4 Å². The second kappa shape index (κ2) is 12.6. The van der Waals surface area contributed by atoms with E-state index in [0.29, 0.717) is 5.56 Å².